The monoisotopic (exact) mass is 257 g/mol. The van der Waals surface area contributed by atoms with Crippen LogP contribution in [0, 0.1) is 23.7 Å². The third kappa shape index (κ3) is 1.94. The summed E-state index contributed by atoms with van der Waals surface area (Å²) in [5, 5.41) is 3.84. The summed E-state index contributed by atoms with van der Waals surface area (Å²) in [4.78, 5) is 0. The van der Waals surface area contributed by atoms with Gasteiger partial charge >= 0.3 is 0 Å². The third-order valence-corrected chi connectivity index (χ3v) is 6.47. The highest BCUT2D eigenvalue weighted by Crippen LogP contribution is 2.65. The minimum atomic E-state index is 0.488. The smallest absolute Gasteiger partial charge is 0.0208 e. The van der Waals surface area contributed by atoms with E-state index in [9.17, 15) is 0 Å². The first-order chi connectivity index (χ1) is 8.93. The zero-order valence-electron chi connectivity index (χ0n) is 12.8. The van der Waals surface area contributed by atoms with E-state index in [1.165, 1.54) is 30.4 Å². The molecule has 3 unspecified atom stereocenters. The highest BCUT2D eigenvalue weighted by molar-refractivity contribution is 5.21. The molecule has 2 saturated carbocycles. The number of fused-ring (bicyclic) bond motifs is 2. The molecule has 1 nitrogen and oxygen atoms in total. The molecule has 1 aromatic carbocycles. The lowest BCUT2D eigenvalue weighted by molar-refractivity contribution is 0.120. The van der Waals surface area contributed by atoms with Crippen molar-refractivity contribution in [2.45, 2.75) is 59.5 Å². The zero-order valence-corrected chi connectivity index (χ0v) is 12.8. The fourth-order valence-corrected chi connectivity index (χ4v) is 4.46. The van der Waals surface area contributed by atoms with Crippen LogP contribution in [-0.4, -0.2) is 6.04 Å². The van der Waals surface area contributed by atoms with Crippen LogP contribution in [-0.2, 0) is 6.54 Å². The maximum absolute atomic E-state index is 3.84. The molecule has 2 aliphatic rings. The van der Waals surface area contributed by atoms with Crippen LogP contribution in [0.1, 0.15) is 51.2 Å². The molecule has 2 aliphatic carbocycles. The van der Waals surface area contributed by atoms with Crippen LogP contribution in [0.2, 0.25) is 0 Å². The van der Waals surface area contributed by atoms with E-state index in [0.717, 1.165) is 12.5 Å². The van der Waals surface area contributed by atoms with Gasteiger partial charge in [0.1, 0.15) is 0 Å². The molecule has 19 heavy (non-hydrogen) atoms. The van der Waals surface area contributed by atoms with E-state index < -0.39 is 0 Å². The fraction of sp³-hybridized carbons (Fsp3) is 0.667. The molecule has 1 heteroatoms. The Kier molecular flexibility index (Phi) is 3.01. The Balaban J connectivity index is 1.67. The zero-order chi connectivity index (χ0) is 13.7. The first-order valence-corrected chi connectivity index (χ1v) is 7.72. The SMILES string of the molecule is Cc1ccc(CNC2CC3CCC2(C)C3(C)C)cc1. The lowest BCUT2D eigenvalue weighted by Gasteiger charge is -2.39. The average Bonchev–Trinajstić information content (AvgIpc) is 2.71. The maximum Gasteiger partial charge on any atom is 0.0208 e. The van der Waals surface area contributed by atoms with Crippen molar-refractivity contribution in [2.75, 3.05) is 0 Å². The van der Waals surface area contributed by atoms with E-state index >= 15 is 0 Å². The van der Waals surface area contributed by atoms with Gasteiger partial charge in [0.25, 0.3) is 0 Å². The quantitative estimate of drug-likeness (QED) is 0.851. The highest BCUT2D eigenvalue weighted by atomic mass is 15.0. The molecule has 0 heterocycles. The summed E-state index contributed by atoms with van der Waals surface area (Å²) in [5.74, 6) is 0.924. The van der Waals surface area contributed by atoms with Crippen molar-refractivity contribution < 1.29 is 0 Å². The standard InChI is InChI=1S/C18H27N/c1-13-5-7-14(8-6-13)12-19-16-11-15-9-10-18(16,4)17(15,2)3/h5-8,15-16,19H,9-12H2,1-4H3. The summed E-state index contributed by atoms with van der Waals surface area (Å²) in [6.07, 6.45) is 4.21. The van der Waals surface area contributed by atoms with Crippen LogP contribution in [0.3, 0.4) is 0 Å². The molecule has 0 amide bonds. The number of hydrogen-bond donors (Lipinski definition) is 1. The van der Waals surface area contributed by atoms with Gasteiger partial charge in [-0.05, 0) is 48.5 Å². The van der Waals surface area contributed by atoms with Gasteiger partial charge in [-0.15, -0.1) is 0 Å². The van der Waals surface area contributed by atoms with Crippen LogP contribution < -0.4 is 5.32 Å². The topological polar surface area (TPSA) is 12.0 Å². The van der Waals surface area contributed by atoms with Crippen LogP contribution in [0.5, 0.6) is 0 Å². The summed E-state index contributed by atoms with van der Waals surface area (Å²) >= 11 is 0. The first kappa shape index (κ1) is 13.2. The Hall–Kier alpha value is -0.820. The minimum Gasteiger partial charge on any atom is -0.309 e. The molecule has 2 fully saturated rings. The predicted octanol–water partition coefficient (Wildman–Crippen LogP) is 4.30. The van der Waals surface area contributed by atoms with Gasteiger partial charge in [0, 0.05) is 12.6 Å². The summed E-state index contributed by atoms with van der Waals surface area (Å²) < 4.78 is 0. The normalized spacial score (nSPS) is 35.8. The van der Waals surface area contributed by atoms with E-state index in [4.69, 9.17) is 0 Å². The van der Waals surface area contributed by atoms with Gasteiger partial charge in [-0.25, -0.2) is 0 Å². The lowest BCUT2D eigenvalue weighted by atomic mass is 9.69. The lowest BCUT2D eigenvalue weighted by Crippen LogP contribution is -2.44. The Labute approximate surface area is 117 Å². The van der Waals surface area contributed by atoms with E-state index in [1.54, 1.807) is 0 Å². The molecule has 0 aromatic heterocycles. The number of aryl methyl sites for hydroxylation is 1. The Morgan fingerprint density at radius 2 is 1.84 bits per heavy atom. The number of nitrogens with one attached hydrogen (secondary N) is 1. The second-order valence-electron chi connectivity index (χ2n) is 7.53. The van der Waals surface area contributed by atoms with Crippen molar-refractivity contribution in [3.8, 4) is 0 Å². The van der Waals surface area contributed by atoms with E-state index in [0.29, 0.717) is 16.9 Å². The van der Waals surface area contributed by atoms with Gasteiger partial charge in [0.05, 0.1) is 0 Å². The molecule has 1 aromatic rings. The summed E-state index contributed by atoms with van der Waals surface area (Å²) in [6, 6.07) is 9.63. The van der Waals surface area contributed by atoms with Crippen molar-refractivity contribution in [2.24, 2.45) is 16.7 Å². The second kappa shape index (κ2) is 4.34. The molecule has 3 atom stereocenters. The Morgan fingerprint density at radius 3 is 2.37 bits per heavy atom. The van der Waals surface area contributed by atoms with Crippen molar-refractivity contribution in [1.29, 1.82) is 0 Å². The van der Waals surface area contributed by atoms with Crippen molar-refractivity contribution in [3.63, 3.8) is 0 Å². The van der Waals surface area contributed by atoms with Gasteiger partial charge in [0.2, 0.25) is 0 Å². The molecule has 0 saturated heterocycles. The van der Waals surface area contributed by atoms with E-state index in [-0.39, 0.29) is 0 Å². The second-order valence-corrected chi connectivity index (χ2v) is 7.53. The largest absolute Gasteiger partial charge is 0.309 e. The number of rotatable bonds is 3. The van der Waals surface area contributed by atoms with Crippen molar-refractivity contribution in [1.82, 2.24) is 5.32 Å². The predicted molar refractivity (Wildman–Crippen MR) is 81.0 cm³/mol. The Bertz CT molecular complexity index is 459. The van der Waals surface area contributed by atoms with Crippen LogP contribution in [0.4, 0.5) is 0 Å². The molecule has 2 bridgehead atoms. The molecule has 1 N–H and O–H groups in total. The molecular formula is C18H27N. The van der Waals surface area contributed by atoms with Crippen LogP contribution in [0.15, 0.2) is 24.3 Å². The molecule has 0 aliphatic heterocycles. The van der Waals surface area contributed by atoms with E-state index in [1.807, 2.05) is 0 Å². The molecule has 104 valence electrons. The number of benzene rings is 1. The van der Waals surface area contributed by atoms with Crippen molar-refractivity contribution in [3.05, 3.63) is 35.4 Å². The molecule has 0 radical (unpaired) electrons. The Morgan fingerprint density at radius 1 is 1.16 bits per heavy atom. The average molecular weight is 257 g/mol. The van der Waals surface area contributed by atoms with Gasteiger partial charge in [0.15, 0.2) is 0 Å². The van der Waals surface area contributed by atoms with E-state index in [2.05, 4.69) is 57.3 Å². The molecule has 3 rings (SSSR count). The third-order valence-electron chi connectivity index (χ3n) is 6.47. The summed E-state index contributed by atoms with van der Waals surface area (Å²) in [5.41, 5.74) is 3.76. The molecular weight excluding hydrogens is 230 g/mol. The first-order valence-electron chi connectivity index (χ1n) is 7.72. The van der Waals surface area contributed by atoms with Gasteiger partial charge in [-0.3, -0.25) is 0 Å². The summed E-state index contributed by atoms with van der Waals surface area (Å²) in [6.45, 7) is 10.6. The highest BCUT2D eigenvalue weighted by Gasteiger charge is 2.60. The fourth-order valence-electron chi connectivity index (χ4n) is 4.46. The summed E-state index contributed by atoms with van der Waals surface area (Å²) in [7, 11) is 0. The number of hydrogen-bond acceptors (Lipinski definition) is 1. The maximum atomic E-state index is 3.84. The minimum absolute atomic E-state index is 0.488. The van der Waals surface area contributed by atoms with Gasteiger partial charge < -0.3 is 5.32 Å². The van der Waals surface area contributed by atoms with Gasteiger partial charge in [-0.1, -0.05) is 50.6 Å². The van der Waals surface area contributed by atoms with Gasteiger partial charge in [-0.2, -0.15) is 0 Å². The van der Waals surface area contributed by atoms with Crippen molar-refractivity contribution >= 4 is 0 Å². The molecule has 0 spiro atoms. The van der Waals surface area contributed by atoms with Crippen LogP contribution in [0.25, 0.3) is 0 Å². The van der Waals surface area contributed by atoms with Crippen LogP contribution >= 0.6 is 0 Å².